The topological polar surface area (TPSA) is 36.1 Å². The zero-order valence-corrected chi connectivity index (χ0v) is 11.9. The molecule has 2 heterocycles. The van der Waals surface area contributed by atoms with Crippen LogP contribution in [-0.2, 0) is 17.8 Å². The highest BCUT2D eigenvalue weighted by Gasteiger charge is 2.24. The van der Waals surface area contributed by atoms with E-state index in [-0.39, 0.29) is 11.7 Å². The lowest BCUT2D eigenvalue weighted by Crippen LogP contribution is -2.36. The van der Waals surface area contributed by atoms with Crippen LogP contribution >= 0.6 is 0 Å². The zero-order chi connectivity index (χ0) is 14.3. The number of nitrogens with one attached hydrogen (secondary N) is 1. The highest BCUT2D eigenvalue weighted by molar-refractivity contribution is 5.85. The molecule has 0 saturated heterocycles. The van der Waals surface area contributed by atoms with Crippen LogP contribution in [0, 0.1) is 11.7 Å². The van der Waals surface area contributed by atoms with E-state index in [0.717, 1.165) is 35.1 Å². The molecule has 0 unspecified atom stereocenters. The second kappa shape index (κ2) is 4.93. The van der Waals surface area contributed by atoms with Crippen molar-refractivity contribution in [3.63, 3.8) is 0 Å². The molecule has 1 aromatic heterocycles. The Balaban J connectivity index is 1.88. The molecule has 0 saturated carbocycles. The number of amides is 1. The van der Waals surface area contributed by atoms with Crippen molar-refractivity contribution >= 4 is 16.8 Å². The summed E-state index contributed by atoms with van der Waals surface area (Å²) in [4.78, 5) is 17.4. The van der Waals surface area contributed by atoms with E-state index < -0.39 is 0 Å². The number of aromatic amines is 1. The first-order chi connectivity index (χ1) is 9.54. The van der Waals surface area contributed by atoms with Crippen LogP contribution in [0.1, 0.15) is 31.5 Å². The van der Waals surface area contributed by atoms with Gasteiger partial charge in [0.1, 0.15) is 5.82 Å². The van der Waals surface area contributed by atoms with E-state index in [1.165, 1.54) is 6.07 Å². The van der Waals surface area contributed by atoms with Gasteiger partial charge in [0.05, 0.1) is 6.54 Å². The van der Waals surface area contributed by atoms with Crippen molar-refractivity contribution in [2.24, 2.45) is 5.92 Å². The van der Waals surface area contributed by atoms with Gasteiger partial charge in [0.25, 0.3) is 0 Å². The summed E-state index contributed by atoms with van der Waals surface area (Å²) < 4.78 is 13.4. The third-order valence-corrected chi connectivity index (χ3v) is 3.87. The van der Waals surface area contributed by atoms with Gasteiger partial charge in [0, 0.05) is 29.6 Å². The summed E-state index contributed by atoms with van der Waals surface area (Å²) in [6.45, 7) is 5.44. The summed E-state index contributed by atoms with van der Waals surface area (Å²) in [5, 5.41) is 0.955. The average molecular weight is 274 g/mol. The van der Waals surface area contributed by atoms with Crippen LogP contribution in [0.2, 0.25) is 0 Å². The fraction of sp³-hybridized carbons (Fsp3) is 0.438. The number of H-pyrrole nitrogens is 1. The van der Waals surface area contributed by atoms with Crippen molar-refractivity contribution in [3.05, 3.63) is 35.3 Å². The first-order valence-electron chi connectivity index (χ1n) is 7.11. The molecular formula is C16H19FN2O. The smallest absolute Gasteiger partial charge is 0.223 e. The molecule has 20 heavy (non-hydrogen) atoms. The zero-order valence-electron chi connectivity index (χ0n) is 11.9. The molecule has 0 radical (unpaired) electrons. The van der Waals surface area contributed by atoms with Crippen LogP contribution in [0.4, 0.5) is 4.39 Å². The van der Waals surface area contributed by atoms with Crippen molar-refractivity contribution < 1.29 is 9.18 Å². The lowest BCUT2D eigenvalue weighted by Gasteiger charge is -2.27. The molecule has 0 fully saturated rings. The summed E-state index contributed by atoms with van der Waals surface area (Å²) in [6, 6.07) is 4.81. The van der Waals surface area contributed by atoms with Crippen LogP contribution in [0.25, 0.3) is 10.9 Å². The molecule has 0 bridgehead atoms. The van der Waals surface area contributed by atoms with Crippen molar-refractivity contribution in [3.8, 4) is 0 Å². The van der Waals surface area contributed by atoms with Gasteiger partial charge in [0.2, 0.25) is 5.91 Å². The highest BCUT2D eigenvalue weighted by atomic mass is 19.1. The largest absolute Gasteiger partial charge is 0.357 e. The molecule has 3 nitrogen and oxygen atoms in total. The summed E-state index contributed by atoms with van der Waals surface area (Å²) >= 11 is 0. The first-order valence-corrected chi connectivity index (χ1v) is 7.11. The van der Waals surface area contributed by atoms with Gasteiger partial charge in [-0.2, -0.15) is 0 Å². The Bertz CT molecular complexity index is 660. The van der Waals surface area contributed by atoms with Gasteiger partial charge in [-0.1, -0.05) is 13.8 Å². The predicted molar refractivity (Wildman–Crippen MR) is 76.8 cm³/mol. The molecule has 1 amide bonds. The predicted octanol–water partition coefficient (Wildman–Crippen LogP) is 3.24. The Labute approximate surface area is 117 Å². The highest BCUT2D eigenvalue weighted by Crippen LogP contribution is 2.28. The molecule has 1 N–H and O–H groups in total. The van der Waals surface area contributed by atoms with Gasteiger partial charge in [-0.05, 0) is 36.1 Å². The standard InChI is InChI=1S/C16H19FN2O/c1-10(2)7-16(20)19-6-5-12-13-8-11(17)3-4-14(13)18-15(12)9-19/h3-4,8,10,18H,5-7,9H2,1-2H3. The van der Waals surface area contributed by atoms with E-state index in [4.69, 9.17) is 0 Å². The van der Waals surface area contributed by atoms with Crippen molar-refractivity contribution in [1.29, 1.82) is 0 Å². The van der Waals surface area contributed by atoms with E-state index in [9.17, 15) is 9.18 Å². The number of fused-ring (bicyclic) bond motifs is 3. The maximum Gasteiger partial charge on any atom is 0.223 e. The van der Waals surface area contributed by atoms with E-state index >= 15 is 0 Å². The molecule has 106 valence electrons. The minimum atomic E-state index is -0.211. The Morgan fingerprint density at radius 2 is 2.25 bits per heavy atom. The molecular weight excluding hydrogens is 255 g/mol. The van der Waals surface area contributed by atoms with Gasteiger partial charge < -0.3 is 9.88 Å². The van der Waals surface area contributed by atoms with E-state index in [0.29, 0.717) is 18.9 Å². The normalized spacial score (nSPS) is 14.9. The number of benzene rings is 1. The molecule has 1 aliphatic heterocycles. The number of halogens is 1. The van der Waals surface area contributed by atoms with Crippen LogP contribution in [0.5, 0.6) is 0 Å². The van der Waals surface area contributed by atoms with Gasteiger partial charge >= 0.3 is 0 Å². The fourth-order valence-electron chi connectivity index (χ4n) is 2.90. The lowest BCUT2D eigenvalue weighted by molar-refractivity contribution is -0.132. The maximum absolute atomic E-state index is 13.4. The molecule has 1 aliphatic rings. The summed E-state index contributed by atoms with van der Waals surface area (Å²) in [7, 11) is 0. The van der Waals surface area contributed by atoms with Crippen LogP contribution in [0.15, 0.2) is 18.2 Å². The van der Waals surface area contributed by atoms with Gasteiger partial charge in [-0.15, -0.1) is 0 Å². The Kier molecular flexibility index (Phi) is 3.24. The maximum atomic E-state index is 13.4. The summed E-state index contributed by atoms with van der Waals surface area (Å²) in [5.41, 5.74) is 3.16. The molecule has 1 aromatic carbocycles. The number of rotatable bonds is 2. The Morgan fingerprint density at radius 3 is 3.00 bits per heavy atom. The van der Waals surface area contributed by atoms with Crippen LogP contribution in [-0.4, -0.2) is 22.3 Å². The molecule has 3 rings (SSSR count). The Morgan fingerprint density at radius 1 is 1.45 bits per heavy atom. The summed E-state index contributed by atoms with van der Waals surface area (Å²) in [6.07, 6.45) is 1.38. The summed E-state index contributed by atoms with van der Waals surface area (Å²) in [5.74, 6) is 0.369. The van der Waals surface area contributed by atoms with Crippen molar-refractivity contribution in [2.75, 3.05) is 6.54 Å². The monoisotopic (exact) mass is 274 g/mol. The second-order valence-electron chi connectivity index (χ2n) is 5.94. The van der Waals surface area contributed by atoms with E-state index in [2.05, 4.69) is 18.8 Å². The van der Waals surface area contributed by atoms with Crippen molar-refractivity contribution in [2.45, 2.75) is 33.2 Å². The minimum absolute atomic E-state index is 0.204. The SMILES string of the molecule is CC(C)CC(=O)N1CCc2c([nH]c3ccc(F)cc23)C1. The van der Waals surface area contributed by atoms with E-state index in [1.807, 2.05) is 4.90 Å². The average Bonchev–Trinajstić information content (AvgIpc) is 2.75. The van der Waals surface area contributed by atoms with Crippen LogP contribution in [0.3, 0.4) is 0 Å². The minimum Gasteiger partial charge on any atom is -0.357 e. The Hall–Kier alpha value is -1.84. The number of hydrogen-bond donors (Lipinski definition) is 1. The number of nitrogens with zero attached hydrogens (tertiary/aromatic N) is 1. The van der Waals surface area contributed by atoms with Gasteiger partial charge in [0.15, 0.2) is 0 Å². The third-order valence-electron chi connectivity index (χ3n) is 3.87. The fourth-order valence-corrected chi connectivity index (χ4v) is 2.90. The molecule has 4 heteroatoms. The quantitative estimate of drug-likeness (QED) is 0.896. The molecule has 2 aromatic rings. The van der Waals surface area contributed by atoms with Crippen LogP contribution < -0.4 is 0 Å². The number of carbonyl (C=O) groups excluding carboxylic acids is 1. The second-order valence-corrected chi connectivity index (χ2v) is 5.94. The third kappa shape index (κ3) is 2.30. The van der Waals surface area contributed by atoms with Gasteiger partial charge in [-0.25, -0.2) is 4.39 Å². The molecule has 0 aliphatic carbocycles. The molecule has 0 atom stereocenters. The van der Waals surface area contributed by atoms with Gasteiger partial charge in [-0.3, -0.25) is 4.79 Å². The lowest BCUT2D eigenvalue weighted by atomic mass is 10.0. The van der Waals surface area contributed by atoms with E-state index in [1.54, 1.807) is 12.1 Å². The number of hydrogen-bond acceptors (Lipinski definition) is 1. The first kappa shape index (κ1) is 13.2. The number of carbonyl (C=O) groups is 1. The van der Waals surface area contributed by atoms with Crippen molar-refractivity contribution in [1.82, 2.24) is 9.88 Å². The number of aromatic nitrogens is 1. The molecule has 0 spiro atoms.